The van der Waals surface area contributed by atoms with E-state index in [9.17, 15) is 0 Å². The van der Waals surface area contributed by atoms with Gasteiger partial charge in [-0.15, -0.1) is 0 Å². The molecule has 0 aliphatic heterocycles. The van der Waals surface area contributed by atoms with Gasteiger partial charge in [-0.3, -0.25) is 0 Å². The second-order valence-electron chi connectivity index (χ2n) is 6.44. The van der Waals surface area contributed by atoms with Crippen molar-refractivity contribution >= 4 is 44.8 Å². The van der Waals surface area contributed by atoms with E-state index in [-0.39, 0.29) is 0 Å². The number of rotatable bonds is 6. The van der Waals surface area contributed by atoms with E-state index in [0.717, 1.165) is 27.0 Å². The molecule has 0 atom stereocenters. The number of nitrogens with one attached hydrogen (secondary N) is 1. The molecule has 27 heavy (non-hydrogen) atoms. The third-order valence-electron chi connectivity index (χ3n) is 4.39. The first-order chi connectivity index (χ1) is 12.9. The van der Waals surface area contributed by atoms with Gasteiger partial charge in [-0.05, 0) is 73.0 Å². The van der Waals surface area contributed by atoms with Crippen LogP contribution in [0.1, 0.15) is 22.3 Å². The Labute approximate surface area is 178 Å². The summed E-state index contributed by atoms with van der Waals surface area (Å²) in [6.07, 6.45) is 0. The van der Waals surface area contributed by atoms with E-state index >= 15 is 0 Å². The van der Waals surface area contributed by atoms with E-state index in [2.05, 4.69) is 59.4 Å². The lowest BCUT2D eigenvalue weighted by Gasteiger charge is -2.14. The second-order valence-corrected chi connectivity index (χ2v) is 8.17. The van der Waals surface area contributed by atoms with Gasteiger partial charge in [-0.25, -0.2) is 0 Å². The van der Waals surface area contributed by atoms with Crippen molar-refractivity contribution in [2.24, 2.45) is 0 Å². The lowest BCUT2D eigenvalue weighted by atomic mass is 10.1. The maximum atomic E-state index is 6.09. The third-order valence-corrected chi connectivity index (χ3v) is 5.62. The Morgan fingerprint density at radius 2 is 1.70 bits per heavy atom. The van der Waals surface area contributed by atoms with Crippen molar-refractivity contribution in [3.8, 4) is 5.75 Å². The molecule has 0 amide bonds. The second kappa shape index (κ2) is 9.01. The molecule has 0 radical (unpaired) electrons. The summed E-state index contributed by atoms with van der Waals surface area (Å²) in [6.45, 7) is 5.32. The highest BCUT2D eigenvalue weighted by Gasteiger charge is 2.07. The average Bonchev–Trinajstić information content (AvgIpc) is 2.64. The molecule has 140 valence electrons. The van der Waals surface area contributed by atoms with Crippen LogP contribution in [0.2, 0.25) is 10.0 Å². The molecule has 0 spiro atoms. The molecule has 0 bridgehead atoms. The van der Waals surface area contributed by atoms with Crippen LogP contribution in [0.15, 0.2) is 59.1 Å². The Balaban J connectivity index is 1.72. The summed E-state index contributed by atoms with van der Waals surface area (Å²) in [5, 5.41) is 4.55. The van der Waals surface area contributed by atoms with Crippen LogP contribution in [-0.2, 0) is 13.2 Å². The topological polar surface area (TPSA) is 21.3 Å². The van der Waals surface area contributed by atoms with Crippen LogP contribution in [0.5, 0.6) is 5.75 Å². The molecule has 3 rings (SSSR count). The smallest absolute Gasteiger partial charge is 0.124 e. The number of ether oxygens (including phenoxy) is 1. The Bertz CT molecular complexity index is 959. The molecular formula is C22H20BrCl2NO. The summed E-state index contributed by atoms with van der Waals surface area (Å²) in [5.41, 5.74) is 5.69. The van der Waals surface area contributed by atoms with E-state index in [1.54, 1.807) is 6.07 Å². The van der Waals surface area contributed by atoms with Gasteiger partial charge in [0.1, 0.15) is 12.4 Å². The zero-order valence-electron chi connectivity index (χ0n) is 15.2. The maximum absolute atomic E-state index is 6.09. The van der Waals surface area contributed by atoms with Gasteiger partial charge < -0.3 is 10.1 Å². The van der Waals surface area contributed by atoms with Crippen molar-refractivity contribution in [2.45, 2.75) is 27.0 Å². The highest BCUT2D eigenvalue weighted by molar-refractivity contribution is 9.10. The first kappa shape index (κ1) is 20.1. The van der Waals surface area contributed by atoms with Gasteiger partial charge in [0.25, 0.3) is 0 Å². The number of anilines is 1. The predicted molar refractivity (Wildman–Crippen MR) is 118 cm³/mol. The van der Waals surface area contributed by atoms with E-state index < -0.39 is 0 Å². The molecule has 1 N–H and O–H groups in total. The number of halogens is 3. The zero-order valence-corrected chi connectivity index (χ0v) is 18.3. The van der Waals surface area contributed by atoms with Crippen molar-refractivity contribution in [1.29, 1.82) is 0 Å². The summed E-state index contributed by atoms with van der Waals surface area (Å²) in [6, 6.07) is 17.9. The van der Waals surface area contributed by atoms with Gasteiger partial charge in [0.05, 0.1) is 10.0 Å². The molecule has 0 saturated heterocycles. The van der Waals surface area contributed by atoms with Crippen LogP contribution < -0.4 is 10.1 Å². The molecule has 0 heterocycles. The summed E-state index contributed by atoms with van der Waals surface area (Å²) in [4.78, 5) is 0. The minimum Gasteiger partial charge on any atom is -0.489 e. The van der Waals surface area contributed by atoms with E-state index in [4.69, 9.17) is 27.9 Å². The van der Waals surface area contributed by atoms with Crippen molar-refractivity contribution in [3.05, 3.63) is 91.4 Å². The van der Waals surface area contributed by atoms with Crippen LogP contribution >= 0.6 is 39.1 Å². The van der Waals surface area contributed by atoms with Crippen molar-refractivity contribution < 1.29 is 4.74 Å². The normalized spacial score (nSPS) is 10.7. The lowest BCUT2D eigenvalue weighted by Crippen LogP contribution is -2.04. The number of benzene rings is 3. The quantitative estimate of drug-likeness (QED) is 0.406. The Morgan fingerprint density at radius 1 is 0.889 bits per heavy atom. The van der Waals surface area contributed by atoms with Gasteiger partial charge >= 0.3 is 0 Å². The molecular weight excluding hydrogens is 445 g/mol. The Morgan fingerprint density at radius 3 is 2.44 bits per heavy atom. The number of aryl methyl sites for hydroxylation is 2. The molecule has 0 aliphatic carbocycles. The molecule has 0 unspecified atom stereocenters. The SMILES string of the molecule is Cc1ccc(NCc2cc(Br)ccc2OCc2ccc(Cl)c(Cl)c2)cc1C. The average molecular weight is 465 g/mol. The van der Waals surface area contributed by atoms with Gasteiger partial charge in [0.15, 0.2) is 0 Å². The van der Waals surface area contributed by atoms with Crippen LogP contribution in [-0.4, -0.2) is 0 Å². The van der Waals surface area contributed by atoms with Crippen LogP contribution in [0.4, 0.5) is 5.69 Å². The van der Waals surface area contributed by atoms with Gasteiger partial charge in [0, 0.05) is 22.3 Å². The fraction of sp³-hybridized carbons (Fsp3) is 0.182. The predicted octanol–water partition coefficient (Wildman–Crippen LogP) is 7.56. The molecule has 0 fully saturated rings. The summed E-state index contributed by atoms with van der Waals surface area (Å²) in [5.74, 6) is 0.834. The fourth-order valence-corrected chi connectivity index (χ4v) is 3.40. The minimum atomic E-state index is 0.426. The standard InChI is InChI=1S/C22H20BrCl2NO/c1-14-3-6-19(9-15(14)2)26-12-17-11-18(23)5-8-22(17)27-13-16-4-7-20(24)21(25)10-16/h3-11,26H,12-13H2,1-2H3. The van der Waals surface area contributed by atoms with Crippen molar-refractivity contribution in [3.63, 3.8) is 0 Å². The first-order valence-corrected chi connectivity index (χ1v) is 10.1. The summed E-state index contributed by atoms with van der Waals surface area (Å²) in [7, 11) is 0. The minimum absolute atomic E-state index is 0.426. The highest BCUT2D eigenvalue weighted by Crippen LogP contribution is 2.27. The summed E-state index contributed by atoms with van der Waals surface area (Å²) < 4.78 is 7.06. The van der Waals surface area contributed by atoms with E-state index in [1.165, 1.54) is 11.1 Å². The van der Waals surface area contributed by atoms with Crippen LogP contribution in [0.25, 0.3) is 0 Å². The summed E-state index contributed by atoms with van der Waals surface area (Å²) >= 11 is 15.6. The maximum Gasteiger partial charge on any atom is 0.124 e. The van der Waals surface area contributed by atoms with Crippen molar-refractivity contribution in [1.82, 2.24) is 0 Å². The number of hydrogen-bond donors (Lipinski definition) is 1. The third kappa shape index (κ3) is 5.41. The number of hydrogen-bond acceptors (Lipinski definition) is 2. The molecule has 5 heteroatoms. The largest absolute Gasteiger partial charge is 0.489 e. The molecule has 3 aromatic rings. The molecule has 0 aromatic heterocycles. The lowest BCUT2D eigenvalue weighted by molar-refractivity contribution is 0.303. The van der Waals surface area contributed by atoms with Gasteiger partial charge in [0.2, 0.25) is 0 Å². The van der Waals surface area contributed by atoms with Gasteiger partial charge in [-0.1, -0.05) is 51.3 Å². The van der Waals surface area contributed by atoms with Crippen molar-refractivity contribution in [2.75, 3.05) is 5.32 Å². The molecule has 3 aromatic carbocycles. The molecule has 0 aliphatic rings. The fourth-order valence-electron chi connectivity index (χ4n) is 2.67. The monoisotopic (exact) mass is 463 g/mol. The van der Waals surface area contributed by atoms with E-state index in [1.807, 2.05) is 24.3 Å². The van der Waals surface area contributed by atoms with Crippen LogP contribution in [0.3, 0.4) is 0 Å². The van der Waals surface area contributed by atoms with Crippen LogP contribution in [0, 0.1) is 13.8 Å². The Kier molecular flexibility index (Phi) is 6.69. The Hall–Kier alpha value is -1.68. The highest BCUT2D eigenvalue weighted by atomic mass is 79.9. The van der Waals surface area contributed by atoms with Gasteiger partial charge in [-0.2, -0.15) is 0 Å². The zero-order chi connectivity index (χ0) is 19.4. The molecule has 2 nitrogen and oxygen atoms in total. The van der Waals surface area contributed by atoms with E-state index in [0.29, 0.717) is 23.2 Å². The molecule has 0 saturated carbocycles. The first-order valence-electron chi connectivity index (χ1n) is 8.58.